The van der Waals surface area contributed by atoms with E-state index in [4.69, 9.17) is 21.1 Å². The van der Waals surface area contributed by atoms with E-state index >= 15 is 0 Å². The molecule has 1 aliphatic carbocycles. The molecule has 0 bridgehead atoms. The van der Waals surface area contributed by atoms with E-state index in [2.05, 4.69) is 11.4 Å². The Bertz CT molecular complexity index is 615. The van der Waals surface area contributed by atoms with Gasteiger partial charge in [-0.2, -0.15) is 0 Å². The Labute approximate surface area is 140 Å². The van der Waals surface area contributed by atoms with Gasteiger partial charge in [-0.1, -0.05) is 23.8 Å². The van der Waals surface area contributed by atoms with Crippen molar-refractivity contribution in [3.05, 3.63) is 35.4 Å². The van der Waals surface area contributed by atoms with E-state index in [1.807, 2.05) is 6.08 Å². The molecular weight excluding hydrogens is 318 g/mol. The van der Waals surface area contributed by atoms with Gasteiger partial charge >= 0.3 is 5.97 Å². The quantitative estimate of drug-likeness (QED) is 0.636. The maximum atomic E-state index is 12.1. The van der Waals surface area contributed by atoms with Gasteiger partial charge in [-0.3, -0.25) is 9.59 Å². The van der Waals surface area contributed by atoms with Crippen LogP contribution < -0.4 is 10.1 Å². The van der Waals surface area contributed by atoms with Gasteiger partial charge in [0, 0.05) is 5.69 Å². The van der Waals surface area contributed by atoms with Gasteiger partial charge in [0.05, 0.1) is 18.6 Å². The zero-order valence-electron chi connectivity index (χ0n) is 13.2. The van der Waals surface area contributed by atoms with Crippen LogP contribution >= 0.6 is 11.6 Å². The molecule has 0 spiro atoms. The van der Waals surface area contributed by atoms with Crippen LogP contribution in [0.2, 0.25) is 5.02 Å². The highest BCUT2D eigenvalue weighted by molar-refractivity contribution is 6.32. The molecule has 124 valence electrons. The molecule has 0 radical (unpaired) electrons. The van der Waals surface area contributed by atoms with Crippen LogP contribution in [-0.2, 0) is 14.3 Å². The van der Waals surface area contributed by atoms with Gasteiger partial charge in [-0.15, -0.1) is 0 Å². The molecule has 2 atom stereocenters. The number of methoxy groups -OCH3 is 1. The molecule has 1 N–H and O–H groups in total. The highest BCUT2D eigenvalue weighted by Gasteiger charge is 2.21. The van der Waals surface area contributed by atoms with Crippen molar-refractivity contribution in [2.24, 2.45) is 5.92 Å². The molecule has 6 heteroatoms. The standard InChI is InChI=1S/C17H20ClNO4/c1-11(23-16(20)9-12-5-3-4-6-12)17(21)19-13-7-8-15(22-2)14(18)10-13/h3,5,7-8,10-12H,4,6,9H2,1-2H3,(H,19,21)/t11-,12+/m0/s1. The molecule has 0 saturated heterocycles. The number of allylic oxidation sites excluding steroid dienone is 2. The number of halogens is 1. The van der Waals surface area contributed by atoms with E-state index in [0.29, 0.717) is 22.9 Å². The maximum Gasteiger partial charge on any atom is 0.307 e. The number of carbonyl (C=O) groups is 2. The third kappa shape index (κ3) is 4.99. The third-order valence-electron chi connectivity index (χ3n) is 3.64. The summed E-state index contributed by atoms with van der Waals surface area (Å²) < 4.78 is 10.2. The topological polar surface area (TPSA) is 64.6 Å². The lowest BCUT2D eigenvalue weighted by Crippen LogP contribution is -2.30. The summed E-state index contributed by atoms with van der Waals surface area (Å²) in [6.45, 7) is 1.54. The minimum atomic E-state index is -0.867. The summed E-state index contributed by atoms with van der Waals surface area (Å²) >= 11 is 6.00. The van der Waals surface area contributed by atoms with E-state index in [0.717, 1.165) is 12.8 Å². The van der Waals surface area contributed by atoms with E-state index < -0.39 is 12.0 Å². The number of hydrogen-bond donors (Lipinski definition) is 1. The predicted molar refractivity (Wildman–Crippen MR) is 88.7 cm³/mol. The Kier molecular flexibility index (Phi) is 6.04. The first kappa shape index (κ1) is 17.3. The average Bonchev–Trinajstić information content (AvgIpc) is 3.00. The number of hydrogen-bond acceptors (Lipinski definition) is 4. The zero-order valence-corrected chi connectivity index (χ0v) is 13.9. The lowest BCUT2D eigenvalue weighted by atomic mass is 10.1. The van der Waals surface area contributed by atoms with Gasteiger partial charge in [-0.25, -0.2) is 0 Å². The summed E-state index contributed by atoms with van der Waals surface area (Å²) in [6, 6.07) is 4.90. The predicted octanol–water partition coefficient (Wildman–Crippen LogP) is 3.58. The first-order valence-electron chi connectivity index (χ1n) is 7.50. The average molecular weight is 338 g/mol. The molecule has 0 saturated carbocycles. The van der Waals surface area contributed by atoms with Gasteiger partial charge in [0.1, 0.15) is 5.75 Å². The second-order valence-electron chi connectivity index (χ2n) is 5.44. The van der Waals surface area contributed by atoms with Crippen molar-refractivity contribution in [3.8, 4) is 5.75 Å². The summed E-state index contributed by atoms with van der Waals surface area (Å²) in [4.78, 5) is 23.9. The highest BCUT2D eigenvalue weighted by atomic mass is 35.5. The molecule has 0 heterocycles. The van der Waals surface area contributed by atoms with Crippen LogP contribution in [-0.4, -0.2) is 25.1 Å². The third-order valence-corrected chi connectivity index (χ3v) is 3.93. The van der Waals surface area contributed by atoms with Crippen LogP contribution in [0.5, 0.6) is 5.75 Å². The number of benzene rings is 1. The Morgan fingerprint density at radius 2 is 2.22 bits per heavy atom. The zero-order chi connectivity index (χ0) is 16.8. The van der Waals surface area contributed by atoms with Crippen molar-refractivity contribution in [1.29, 1.82) is 0 Å². The van der Waals surface area contributed by atoms with Crippen molar-refractivity contribution in [1.82, 2.24) is 0 Å². The van der Waals surface area contributed by atoms with Crippen molar-refractivity contribution in [3.63, 3.8) is 0 Å². The Morgan fingerprint density at radius 1 is 1.43 bits per heavy atom. The first-order chi connectivity index (χ1) is 11.0. The minimum absolute atomic E-state index is 0.221. The van der Waals surface area contributed by atoms with E-state index in [9.17, 15) is 9.59 Å². The molecule has 23 heavy (non-hydrogen) atoms. The largest absolute Gasteiger partial charge is 0.495 e. The molecule has 2 rings (SSSR count). The fourth-order valence-corrected chi connectivity index (χ4v) is 2.62. The smallest absolute Gasteiger partial charge is 0.307 e. The lowest BCUT2D eigenvalue weighted by Gasteiger charge is -2.15. The SMILES string of the molecule is COc1ccc(NC(=O)[C@H](C)OC(=O)C[C@@H]2C=CCC2)cc1Cl. The Morgan fingerprint density at radius 3 is 2.83 bits per heavy atom. The van der Waals surface area contributed by atoms with Crippen molar-refractivity contribution >= 4 is 29.2 Å². The lowest BCUT2D eigenvalue weighted by molar-refractivity contribution is -0.153. The van der Waals surface area contributed by atoms with Gasteiger partial charge in [-0.05, 0) is 43.9 Å². The Balaban J connectivity index is 1.85. The van der Waals surface area contributed by atoms with Gasteiger partial charge < -0.3 is 14.8 Å². The molecular formula is C17H20ClNO4. The monoisotopic (exact) mass is 337 g/mol. The molecule has 1 aromatic rings. The second kappa shape index (κ2) is 8.02. The summed E-state index contributed by atoms with van der Waals surface area (Å²) in [5.74, 6) is -0.0228. The molecule has 0 aromatic heterocycles. The molecule has 1 amide bonds. The number of rotatable bonds is 6. The highest BCUT2D eigenvalue weighted by Crippen LogP contribution is 2.27. The van der Waals surface area contributed by atoms with Crippen molar-refractivity contribution in [2.45, 2.75) is 32.3 Å². The number of esters is 1. The van der Waals surface area contributed by atoms with Crippen molar-refractivity contribution < 1.29 is 19.1 Å². The number of amides is 1. The molecule has 0 unspecified atom stereocenters. The number of anilines is 1. The normalized spacial score (nSPS) is 17.6. The molecule has 5 nitrogen and oxygen atoms in total. The van der Waals surface area contributed by atoms with E-state index in [1.54, 1.807) is 25.1 Å². The van der Waals surface area contributed by atoms with Gasteiger partial charge in [0.2, 0.25) is 0 Å². The maximum absolute atomic E-state index is 12.1. The second-order valence-corrected chi connectivity index (χ2v) is 5.85. The first-order valence-corrected chi connectivity index (χ1v) is 7.88. The van der Waals surface area contributed by atoms with Crippen LogP contribution in [0.4, 0.5) is 5.69 Å². The fraction of sp³-hybridized carbons (Fsp3) is 0.412. The summed E-state index contributed by atoms with van der Waals surface area (Å²) in [5, 5.41) is 3.05. The number of carbonyl (C=O) groups excluding carboxylic acids is 2. The number of ether oxygens (including phenoxy) is 2. The van der Waals surface area contributed by atoms with E-state index in [1.165, 1.54) is 7.11 Å². The fourth-order valence-electron chi connectivity index (χ4n) is 2.37. The van der Waals surface area contributed by atoms with Crippen LogP contribution in [0.3, 0.4) is 0 Å². The minimum Gasteiger partial charge on any atom is -0.495 e. The summed E-state index contributed by atoms with van der Waals surface area (Å²) in [5.41, 5.74) is 0.516. The van der Waals surface area contributed by atoms with Crippen LogP contribution in [0.15, 0.2) is 30.4 Å². The summed E-state index contributed by atoms with van der Waals surface area (Å²) in [7, 11) is 1.51. The van der Waals surface area contributed by atoms with Crippen LogP contribution in [0, 0.1) is 5.92 Å². The molecule has 1 aromatic carbocycles. The van der Waals surface area contributed by atoms with Crippen LogP contribution in [0.25, 0.3) is 0 Å². The Hall–Kier alpha value is -2.01. The van der Waals surface area contributed by atoms with Crippen LogP contribution in [0.1, 0.15) is 26.2 Å². The molecule has 0 fully saturated rings. The van der Waals surface area contributed by atoms with Gasteiger partial charge in [0.25, 0.3) is 5.91 Å². The van der Waals surface area contributed by atoms with Gasteiger partial charge in [0.15, 0.2) is 6.10 Å². The summed E-state index contributed by atoms with van der Waals surface area (Å²) in [6.07, 6.45) is 5.47. The number of nitrogens with one attached hydrogen (secondary N) is 1. The van der Waals surface area contributed by atoms with E-state index in [-0.39, 0.29) is 11.9 Å². The molecule has 1 aliphatic rings. The molecule has 0 aliphatic heterocycles. The van der Waals surface area contributed by atoms with Crippen molar-refractivity contribution in [2.75, 3.05) is 12.4 Å².